The van der Waals surface area contributed by atoms with E-state index in [1.54, 1.807) is 13.2 Å². The fraction of sp³-hybridized carbons (Fsp3) is 0.294. The summed E-state index contributed by atoms with van der Waals surface area (Å²) in [5, 5.41) is 7.22. The number of fused-ring (bicyclic) bond motifs is 1. The second-order valence-electron chi connectivity index (χ2n) is 6.39. The standard InChI is InChI=1S/C17H15F2N5O2S/c1-24-5-4-9(23-24)16(26)22-12-11-8(7-2-3-7)6-10(14(18)19)21-17(11)27-13(12)15(20)25/h4-7,14H,2-3H2,1H3,(H2,20,25)(H,22,26). The first-order valence-corrected chi connectivity index (χ1v) is 9.03. The lowest BCUT2D eigenvalue weighted by molar-refractivity contribution is 0.100. The van der Waals surface area contributed by atoms with Crippen LogP contribution in [0.3, 0.4) is 0 Å². The number of pyridine rings is 1. The van der Waals surface area contributed by atoms with Crippen LogP contribution in [0.4, 0.5) is 14.5 Å². The van der Waals surface area contributed by atoms with Gasteiger partial charge in [0.25, 0.3) is 18.2 Å². The van der Waals surface area contributed by atoms with Crippen LogP contribution in [0.15, 0.2) is 18.3 Å². The van der Waals surface area contributed by atoms with Gasteiger partial charge in [0.05, 0.1) is 5.69 Å². The number of nitrogens with two attached hydrogens (primary N) is 1. The minimum absolute atomic E-state index is 0.0788. The van der Waals surface area contributed by atoms with Crippen LogP contribution in [0, 0.1) is 0 Å². The van der Waals surface area contributed by atoms with E-state index < -0.39 is 18.2 Å². The number of amides is 2. The van der Waals surface area contributed by atoms with Gasteiger partial charge in [-0.25, -0.2) is 13.8 Å². The van der Waals surface area contributed by atoms with E-state index in [4.69, 9.17) is 5.73 Å². The largest absolute Gasteiger partial charge is 0.365 e. The SMILES string of the molecule is Cn1ccc(C(=O)Nc2c(C(N)=O)sc3nc(C(F)F)cc(C4CC4)c23)n1. The highest BCUT2D eigenvalue weighted by atomic mass is 32.1. The molecule has 1 aliphatic rings. The first kappa shape index (κ1) is 17.5. The molecule has 1 aliphatic carbocycles. The first-order chi connectivity index (χ1) is 12.8. The second kappa shape index (κ2) is 6.38. The van der Waals surface area contributed by atoms with Crippen molar-refractivity contribution in [1.29, 1.82) is 0 Å². The molecule has 10 heteroatoms. The van der Waals surface area contributed by atoms with Crippen LogP contribution >= 0.6 is 11.3 Å². The van der Waals surface area contributed by atoms with E-state index in [1.807, 2.05) is 0 Å². The van der Waals surface area contributed by atoms with Crippen LogP contribution in [0.5, 0.6) is 0 Å². The van der Waals surface area contributed by atoms with Gasteiger partial charge >= 0.3 is 0 Å². The molecule has 0 aliphatic heterocycles. The molecular weight excluding hydrogens is 376 g/mol. The molecule has 0 radical (unpaired) electrons. The van der Waals surface area contributed by atoms with Crippen LogP contribution in [0.25, 0.3) is 10.2 Å². The maximum absolute atomic E-state index is 13.2. The second-order valence-corrected chi connectivity index (χ2v) is 7.39. The van der Waals surface area contributed by atoms with Crippen molar-refractivity contribution in [3.63, 3.8) is 0 Å². The molecule has 27 heavy (non-hydrogen) atoms. The van der Waals surface area contributed by atoms with Crippen LogP contribution in [-0.2, 0) is 7.05 Å². The van der Waals surface area contributed by atoms with Crippen LogP contribution < -0.4 is 11.1 Å². The Morgan fingerprint density at radius 3 is 2.70 bits per heavy atom. The lowest BCUT2D eigenvalue weighted by Gasteiger charge is -2.09. The number of anilines is 1. The highest BCUT2D eigenvalue weighted by Crippen LogP contribution is 2.48. The number of carbonyl (C=O) groups excluding carboxylic acids is 2. The summed E-state index contributed by atoms with van der Waals surface area (Å²) in [4.78, 5) is 28.8. The third-order valence-corrected chi connectivity index (χ3v) is 5.46. The molecule has 0 aromatic carbocycles. The smallest absolute Gasteiger partial charge is 0.280 e. The number of nitrogens with zero attached hydrogens (tertiary/aromatic N) is 3. The van der Waals surface area contributed by atoms with Gasteiger partial charge in [-0.3, -0.25) is 14.3 Å². The van der Waals surface area contributed by atoms with Crippen LogP contribution in [0.1, 0.15) is 56.6 Å². The van der Waals surface area contributed by atoms with E-state index in [-0.39, 0.29) is 32.7 Å². The topological polar surface area (TPSA) is 103 Å². The number of aryl methyl sites for hydroxylation is 1. The molecule has 0 saturated heterocycles. The summed E-state index contributed by atoms with van der Waals surface area (Å²) in [6, 6.07) is 2.89. The van der Waals surface area contributed by atoms with Gasteiger partial charge in [0.15, 0.2) is 5.69 Å². The van der Waals surface area contributed by atoms with Gasteiger partial charge in [0.2, 0.25) is 0 Å². The molecule has 1 saturated carbocycles. The van der Waals surface area contributed by atoms with E-state index in [2.05, 4.69) is 15.4 Å². The predicted octanol–water partition coefficient (Wildman–Crippen LogP) is 3.20. The number of hydrogen-bond donors (Lipinski definition) is 2. The predicted molar refractivity (Wildman–Crippen MR) is 96.2 cm³/mol. The molecule has 1 fully saturated rings. The van der Waals surface area contributed by atoms with Gasteiger partial charge in [-0.05, 0) is 36.5 Å². The summed E-state index contributed by atoms with van der Waals surface area (Å²) >= 11 is 0.906. The molecule has 0 atom stereocenters. The first-order valence-electron chi connectivity index (χ1n) is 8.21. The highest BCUT2D eigenvalue weighted by Gasteiger charge is 2.32. The Hall–Kier alpha value is -2.88. The lowest BCUT2D eigenvalue weighted by atomic mass is 10.0. The van der Waals surface area contributed by atoms with Crippen molar-refractivity contribution in [3.05, 3.63) is 40.2 Å². The number of hydrogen-bond acceptors (Lipinski definition) is 5. The van der Waals surface area contributed by atoms with Gasteiger partial charge in [-0.15, -0.1) is 11.3 Å². The summed E-state index contributed by atoms with van der Waals surface area (Å²) in [7, 11) is 1.67. The fourth-order valence-corrected chi connectivity index (χ4v) is 4.00. The molecule has 4 rings (SSSR count). The zero-order valence-electron chi connectivity index (χ0n) is 14.2. The normalized spacial score (nSPS) is 14.1. The maximum Gasteiger partial charge on any atom is 0.280 e. The van der Waals surface area contributed by atoms with Gasteiger partial charge in [0.1, 0.15) is 15.4 Å². The van der Waals surface area contributed by atoms with Gasteiger partial charge in [-0.1, -0.05) is 0 Å². The third-order valence-electron chi connectivity index (χ3n) is 4.36. The van der Waals surface area contributed by atoms with Gasteiger partial charge in [0, 0.05) is 18.6 Å². The summed E-state index contributed by atoms with van der Waals surface area (Å²) in [5.74, 6) is -1.17. The number of carbonyl (C=O) groups is 2. The lowest BCUT2D eigenvalue weighted by Crippen LogP contribution is -2.17. The number of nitrogens with one attached hydrogen (secondary N) is 1. The number of thiophene rings is 1. The molecule has 3 N–H and O–H groups in total. The van der Waals surface area contributed by atoms with Crippen molar-refractivity contribution in [1.82, 2.24) is 14.8 Å². The van der Waals surface area contributed by atoms with Crippen molar-refractivity contribution >= 4 is 39.1 Å². The third kappa shape index (κ3) is 3.16. The zero-order chi connectivity index (χ0) is 19.3. The molecule has 2 amide bonds. The Morgan fingerprint density at radius 2 is 2.15 bits per heavy atom. The van der Waals surface area contributed by atoms with E-state index in [0.717, 1.165) is 24.2 Å². The Morgan fingerprint density at radius 1 is 1.41 bits per heavy atom. The van der Waals surface area contributed by atoms with Crippen LogP contribution in [-0.4, -0.2) is 26.6 Å². The fourth-order valence-electron chi connectivity index (χ4n) is 2.98. The van der Waals surface area contributed by atoms with Crippen molar-refractivity contribution < 1.29 is 18.4 Å². The number of rotatable bonds is 5. The maximum atomic E-state index is 13.2. The monoisotopic (exact) mass is 391 g/mol. The molecular formula is C17H15F2N5O2S. The molecule has 3 aromatic rings. The van der Waals surface area contributed by atoms with Crippen molar-refractivity contribution in [2.75, 3.05) is 5.32 Å². The summed E-state index contributed by atoms with van der Waals surface area (Å²) in [5.41, 5.74) is 6.16. The number of halogens is 2. The number of alkyl halides is 2. The molecule has 0 spiro atoms. The average Bonchev–Trinajstić information content (AvgIpc) is 3.27. The van der Waals surface area contributed by atoms with Crippen molar-refractivity contribution in [2.24, 2.45) is 12.8 Å². The Bertz CT molecular complexity index is 1070. The Kier molecular flexibility index (Phi) is 4.14. The van der Waals surface area contributed by atoms with E-state index in [1.165, 1.54) is 16.8 Å². The Labute approximate surface area is 156 Å². The highest BCUT2D eigenvalue weighted by molar-refractivity contribution is 7.21. The molecule has 3 heterocycles. The average molecular weight is 391 g/mol. The van der Waals surface area contributed by atoms with Crippen molar-refractivity contribution in [3.8, 4) is 0 Å². The zero-order valence-corrected chi connectivity index (χ0v) is 15.0. The Balaban J connectivity index is 1.88. The molecule has 7 nitrogen and oxygen atoms in total. The van der Waals surface area contributed by atoms with Crippen LogP contribution in [0.2, 0.25) is 0 Å². The number of primary amides is 1. The minimum atomic E-state index is -2.72. The summed E-state index contributed by atoms with van der Waals surface area (Å²) in [6.45, 7) is 0. The minimum Gasteiger partial charge on any atom is -0.365 e. The molecule has 0 unspecified atom stereocenters. The van der Waals surface area contributed by atoms with Gasteiger partial charge < -0.3 is 11.1 Å². The number of aromatic nitrogens is 3. The molecule has 0 bridgehead atoms. The summed E-state index contributed by atoms with van der Waals surface area (Å²) < 4.78 is 27.9. The van der Waals surface area contributed by atoms with Gasteiger partial charge in [-0.2, -0.15) is 5.10 Å². The summed E-state index contributed by atoms with van der Waals surface area (Å²) in [6.07, 6.45) is 0.605. The van der Waals surface area contributed by atoms with E-state index in [9.17, 15) is 18.4 Å². The van der Waals surface area contributed by atoms with E-state index >= 15 is 0 Å². The van der Waals surface area contributed by atoms with Crippen molar-refractivity contribution in [2.45, 2.75) is 25.2 Å². The molecule has 140 valence electrons. The quantitative estimate of drug-likeness (QED) is 0.697. The molecule has 3 aromatic heterocycles. The van der Waals surface area contributed by atoms with E-state index in [0.29, 0.717) is 10.9 Å².